The molecule has 2 fully saturated rings. The minimum Gasteiger partial charge on any atom is -0.376 e. The number of carbonyl (C=O) groups excluding carboxylic acids is 2. The van der Waals surface area contributed by atoms with E-state index in [1.54, 1.807) is 0 Å². The van der Waals surface area contributed by atoms with Crippen molar-refractivity contribution in [2.75, 3.05) is 13.2 Å². The summed E-state index contributed by atoms with van der Waals surface area (Å²) >= 11 is 0. The topological polar surface area (TPSA) is 81.4 Å². The van der Waals surface area contributed by atoms with E-state index in [4.69, 9.17) is 10.5 Å². The molecule has 1 saturated heterocycles. The van der Waals surface area contributed by atoms with Crippen LogP contribution in [0.15, 0.2) is 0 Å². The van der Waals surface area contributed by atoms with E-state index in [1.165, 1.54) is 19.3 Å². The van der Waals surface area contributed by atoms with E-state index in [0.717, 1.165) is 12.8 Å². The summed E-state index contributed by atoms with van der Waals surface area (Å²) in [6, 6.07) is 0. The first-order valence-corrected chi connectivity index (χ1v) is 6.77. The summed E-state index contributed by atoms with van der Waals surface area (Å²) in [5.74, 6) is 0.146. The van der Waals surface area contributed by atoms with Crippen molar-refractivity contribution in [2.24, 2.45) is 11.7 Å². The third-order valence-corrected chi connectivity index (χ3v) is 3.87. The minimum absolute atomic E-state index is 0.0338. The van der Waals surface area contributed by atoms with Crippen LogP contribution in [0.4, 0.5) is 0 Å². The fourth-order valence-corrected chi connectivity index (χ4v) is 2.90. The molecular weight excluding hydrogens is 232 g/mol. The van der Waals surface area contributed by atoms with Crippen LogP contribution in [-0.4, -0.2) is 30.6 Å². The van der Waals surface area contributed by atoms with Crippen LogP contribution in [-0.2, 0) is 14.3 Å². The van der Waals surface area contributed by atoms with Crippen LogP contribution < -0.4 is 11.1 Å². The Morgan fingerprint density at radius 3 is 2.39 bits per heavy atom. The number of carbonyl (C=O) groups is 2. The smallest absolute Gasteiger partial charge is 0.220 e. The summed E-state index contributed by atoms with van der Waals surface area (Å²) in [7, 11) is 0. The van der Waals surface area contributed by atoms with Crippen molar-refractivity contribution in [3.8, 4) is 0 Å². The zero-order valence-electron chi connectivity index (χ0n) is 10.7. The van der Waals surface area contributed by atoms with Crippen LogP contribution in [0.1, 0.15) is 44.9 Å². The molecule has 0 atom stereocenters. The lowest BCUT2D eigenvalue weighted by molar-refractivity contribution is -0.139. The predicted octanol–water partition coefficient (Wildman–Crippen LogP) is 0.717. The lowest BCUT2D eigenvalue weighted by atomic mass is 9.86. The number of hydrogen-bond donors (Lipinski definition) is 2. The van der Waals surface area contributed by atoms with Crippen LogP contribution in [0.25, 0.3) is 0 Å². The SMILES string of the molecule is NC(=O)CC1(NC(=O)CC2CCCCC2)COC1. The molecule has 0 aromatic carbocycles. The molecule has 1 aliphatic heterocycles. The molecule has 0 aromatic heterocycles. The van der Waals surface area contributed by atoms with Gasteiger partial charge in [0.05, 0.1) is 25.2 Å². The molecule has 5 heteroatoms. The first-order valence-electron chi connectivity index (χ1n) is 6.77. The lowest BCUT2D eigenvalue weighted by Crippen LogP contribution is -2.63. The molecule has 2 rings (SSSR count). The van der Waals surface area contributed by atoms with Crippen molar-refractivity contribution in [2.45, 2.75) is 50.5 Å². The second-order valence-corrected chi connectivity index (χ2v) is 5.67. The van der Waals surface area contributed by atoms with Crippen molar-refractivity contribution in [1.82, 2.24) is 5.32 Å². The Hall–Kier alpha value is -1.10. The van der Waals surface area contributed by atoms with Gasteiger partial charge in [-0.25, -0.2) is 0 Å². The second-order valence-electron chi connectivity index (χ2n) is 5.67. The van der Waals surface area contributed by atoms with E-state index in [-0.39, 0.29) is 12.3 Å². The van der Waals surface area contributed by atoms with Crippen LogP contribution in [0.3, 0.4) is 0 Å². The highest BCUT2D eigenvalue weighted by Gasteiger charge is 2.41. The molecule has 3 N–H and O–H groups in total. The Bertz CT molecular complexity index is 320. The number of rotatable bonds is 5. The van der Waals surface area contributed by atoms with Gasteiger partial charge in [0.2, 0.25) is 11.8 Å². The molecule has 1 heterocycles. The molecule has 5 nitrogen and oxygen atoms in total. The van der Waals surface area contributed by atoms with Gasteiger partial charge in [-0.3, -0.25) is 9.59 Å². The quantitative estimate of drug-likeness (QED) is 0.758. The molecule has 2 amide bonds. The van der Waals surface area contributed by atoms with Crippen molar-refractivity contribution in [3.63, 3.8) is 0 Å². The summed E-state index contributed by atoms with van der Waals surface area (Å²) in [6.45, 7) is 0.790. The highest BCUT2D eigenvalue weighted by atomic mass is 16.5. The van der Waals surface area contributed by atoms with Crippen LogP contribution >= 0.6 is 0 Å². The zero-order valence-corrected chi connectivity index (χ0v) is 10.7. The van der Waals surface area contributed by atoms with E-state index in [0.29, 0.717) is 25.6 Å². The van der Waals surface area contributed by atoms with Crippen LogP contribution in [0.5, 0.6) is 0 Å². The Kier molecular flexibility index (Phi) is 4.22. The maximum absolute atomic E-state index is 12.0. The highest BCUT2D eigenvalue weighted by molar-refractivity contribution is 5.80. The molecule has 0 aromatic rings. The number of nitrogens with two attached hydrogens (primary N) is 1. The second kappa shape index (κ2) is 5.69. The van der Waals surface area contributed by atoms with Crippen LogP contribution in [0.2, 0.25) is 0 Å². The molecule has 0 bridgehead atoms. The van der Waals surface area contributed by atoms with Crippen molar-refractivity contribution >= 4 is 11.8 Å². The predicted molar refractivity (Wildman–Crippen MR) is 66.7 cm³/mol. The Labute approximate surface area is 107 Å². The Morgan fingerprint density at radius 1 is 1.22 bits per heavy atom. The Morgan fingerprint density at radius 2 is 1.89 bits per heavy atom. The van der Waals surface area contributed by atoms with Gasteiger partial charge in [-0.15, -0.1) is 0 Å². The maximum Gasteiger partial charge on any atom is 0.220 e. The zero-order chi connectivity index (χ0) is 13.0. The average molecular weight is 254 g/mol. The summed E-state index contributed by atoms with van der Waals surface area (Å²) in [5, 5.41) is 2.94. The van der Waals surface area contributed by atoms with Crippen molar-refractivity contribution in [1.29, 1.82) is 0 Å². The summed E-state index contributed by atoms with van der Waals surface area (Å²) in [4.78, 5) is 23.0. The van der Waals surface area contributed by atoms with Gasteiger partial charge in [-0.05, 0) is 18.8 Å². The van der Waals surface area contributed by atoms with Gasteiger partial charge in [0, 0.05) is 6.42 Å². The maximum atomic E-state index is 12.0. The summed E-state index contributed by atoms with van der Waals surface area (Å²) in [6.07, 6.45) is 6.78. The van der Waals surface area contributed by atoms with E-state index in [2.05, 4.69) is 5.32 Å². The Balaban J connectivity index is 1.80. The van der Waals surface area contributed by atoms with E-state index in [9.17, 15) is 9.59 Å². The minimum atomic E-state index is -0.530. The molecule has 2 aliphatic rings. The number of primary amides is 1. The summed E-state index contributed by atoms with van der Waals surface area (Å²) in [5.41, 5.74) is 4.67. The lowest BCUT2D eigenvalue weighted by Gasteiger charge is -2.41. The van der Waals surface area contributed by atoms with Crippen molar-refractivity contribution in [3.05, 3.63) is 0 Å². The molecular formula is C13H22N2O3. The van der Waals surface area contributed by atoms with E-state index >= 15 is 0 Å². The third-order valence-electron chi connectivity index (χ3n) is 3.87. The van der Waals surface area contributed by atoms with Gasteiger partial charge in [0.25, 0.3) is 0 Å². The molecule has 0 radical (unpaired) electrons. The number of amides is 2. The molecule has 0 unspecified atom stereocenters. The molecule has 102 valence electrons. The largest absolute Gasteiger partial charge is 0.376 e. The van der Waals surface area contributed by atoms with E-state index < -0.39 is 11.4 Å². The summed E-state index contributed by atoms with van der Waals surface area (Å²) < 4.78 is 5.11. The third kappa shape index (κ3) is 3.45. The standard InChI is InChI=1S/C13H22N2O3/c14-11(16)7-13(8-18-9-13)15-12(17)6-10-4-2-1-3-5-10/h10H,1-9H2,(H2,14,16)(H,15,17). The molecule has 18 heavy (non-hydrogen) atoms. The van der Waals surface area contributed by atoms with Crippen molar-refractivity contribution < 1.29 is 14.3 Å². The average Bonchev–Trinajstić information content (AvgIpc) is 2.26. The van der Waals surface area contributed by atoms with Gasteiger partial charge in [0.15, 0.2) is 0 Å². The van der Waals surface area contributed by atoms with Gasteiger partial charge >= 0.3 is 0 Å². The van der Waals surface area contributed by atoms with Gasteiger partial charge in [-0.2, -0.15) is 0 Å². The molecule has 0 spiro atoms. The first-order chi connectivity index (χ1) is 8.60. The van der Waals surface area contributed by atoms with E-state index in [1.807, 2.05) is 0 Å². The normalized spacial score (nSPS) is 23.1. The molecule has 1 aliphatic carbocycles. The van der Waals surface area contributed by atoms with Gasteiger partial charge in [0.1, 0.15) is 0 Å². The number of nitrogens with one attached hydrogen (secondary N) is 1. The highest BCUT2D eigenvalue weighted by Crippen LogP contribution is 2.27. The molecule has 1 saturated carbocycles. The van der Waals surface area contributed by atoms with Gasteiger partial charge in [-0.1, -0.05) is 19.3 Å². The number of hydrogen-bond acceptors (Lipinski definition) is 3. The monoisotopic (exact) mass is 254 g/mol. The number of ether oxygens (including phenoxy) is 1. The fraction of sp³-hybridized carbons (Fsp3) is 0.846. The van der Waals surface area contributed by atoms with Crippen LogP contribution in [0, 0.1) is 5.92 Å². The van der Waals surface area contributed by atoms with Gasteiger partial charge < -0.3 is 15.8 Å². The first kappa shape index (κ1) is 13.3. The fourth-order valence-electron chi connectivity index (χ4n) is 2.90.